The van der Waals surface area contributed by atoms with Crippen molar-refractivity contribution in [3.05, 3.63) is 65.4 Å². The summed E-state index contributed by atoms with van der Waals surface area (Å²) in [6.07, 6.45) is 1.05. The van der Waals surface area contributed by atoms with Crippen LogP contribution in [0.15, 0.2) is 54.3 Å². The van der Waals surface area contributed by atoms with E-state index >= 15 is 0 Å². The number of carbonyl (C=O) groups is 3. The maximum atomic E-state index is 11.5. The van der Waals surface area contributed by atoms with Crippen molar-refractivity contribution in [1.29, 1.82) is 0 Å². The first-order chi connectivity index (χ1) is 13.4. The first kappa shape index (κ1) is 19.1. The van der Waals surface area contributed by atoms with Crippen LogP contribution in [0.4, 0.5) is 4.79 Å². The Labute approximate surface area is 160 Å². The van der Waals surface area contributed by atoms with Crippen molar-refractivity contribution in [2.45, 2.75) is 12.5 Å². The van der Waals surface area contributed by atoms with E-state index in [9.17, 15) is 14.4 Å². The summed E-state index contributed by atoms with van der Waals surface area (Å²) in [5, 5.41) is 2.03. The quantitative estimate of drug-likeness (QED) is 0.580. The van der Waals surface area contributed by atoms with Crippen LogP contribution < -0.4 is 15.8 Å². The number of benzene rings is 2. The molecule has 3 N–H and O–H groups in total. The molecular weight excluding hydrogens is 364 g/mol. The van der Waals surface area contributed by atoms with E-state index in [1.54, 1.807) is 36.4 Å². The van der Waals surface area contributed by atoms with Gasteiger partial charge in [0.15, 0.2) is 5.76 Å². The minimum atomic E-state index is -0.785. The number of esters is 1. The zero-order valence-corrected chi connectivity index (χ0v) is 15.0. The Balaban J connectivity index is 1.61. The van der Waals surface area contributed by atoms with E-state index in [1.165, 1.54) is 13.2 Å². The fourth-order valence-corrected chi connectivity index (χ4v) is 2.52. The first-order valence-electron chi connectivity index (χ1n) is 8.40. The van der Waals surface area contributed by atoms with E-state index < -0.39 is 24.0 Å². The van der Waals surface area contributed by atoms with Crippen LogP contribution in [0.25, 0.3) is 6.08 Å². The summed E-state index contributed by atoms with van der Waals surface area (Å²) in [5.41, 5.74) is 7.31. The van der Waals surface area contributed by atoms with Crippen molar-refractivity contribution in [3.8, 4) is 11.5 Å². The lowest BCUT2D eigenvalue weighted by Crippen LogP contribution is -2.33. The van der Waals surface area contributed by atoms with Gasteiger partial charge in [-0.3, -0.25) is 14.9 Å². The molecule has 0 saturated carbocycles. The number of imide groups is 1. The van der Waals surface area contributed by atoms with Crippen molar-refractivity contribution in [2.24, 2.45) is 5.73 Å². The fraction of sp³-hybridized carbons (Fsp3) is 0.150. The molecule has 2 aromatic rings. The molecule has 0 spiro atoms. The second kappa shape index (κ2) is 8.36. The molecule has 8 nitrogen and oxygen atoms in total. The maximum Gasteiger partial charge on any atom is 0.419 e. The number of methoxy groups -OCH3 is 1. The van der Waals surface area contributed by atoms with Crippen LogP contribution in [-0.4, -0.2) is 31.1 Å². The Morgan fingerprint density at radius 1 is 1.11 bits per heavy atom. The molecule has 28 heavy (non-hydrogen) atoms. The predicted molar refractivity (Wildman–Crippen MR) is 99.3 cm³/mol. The van der Waals surface area contributed by atoms with Gasteiger partial charge in [-0.2, -0.15) is 0 Å². The third kappa shape index (κ3) is 4.74. The second-order valence-corrected chi connectivity index (χ2v) is 6.00. The summed E-state index contributed by atoms with van der Waals surface area (Å²) >= 11 is 0. The topological polar surface area (TPSA) is 117 Å². The van der Waals surface area contributed by atoms with E-state index in [4.69, 9.17) is 15.2 Å². The zero-order valence-electron chi connectivity index (χ0n) is 15.0. The molecule has 0 aromatic heterocycles. The van der Waals surface area contributed by atoms with Crippen molar-refractivity contribution in [1.82, 2.24) is 5.32 Å². The lowest BCUT2D eigenvalue weighted by atomic mass is 10.1. The van der Waals surface area contributed by atoms with Crippen LogP contribution in [0.5, 0.6) is 11.5 Å². The number of nitrogens with one attached hydrogen (secondary N) is 1. The third-order valence-electron chi connectivity index (χ3n) is 3.94. The Bertz CT molecular complexity index is 919. The van der Waals surface area contributed by atoms with E-state index in [-0.39, 0.29) is 5.76 Å². The van der Waals surface area contributed by atoms with Crippen LogP contribution in [0, 0.1) is 0 Å². The smallest absolute Gasteiger partial charge is 0.419 e. The maximum absolute atomic E-state index is 11.5. The fourth-order valence-electron chi connectivity index (χ4n) is 2.52. The van der Waals surface area contributed by atoms with Gasteiger partial charge < -0.3 is 19.9 Å². The number of alkyl carbamates (subject to hydrolysis) is 1. The molecule has 144 valence electrons. The van der Waals surface area contributed by atoms with Gasteiger partial charge in [0.2, 0.25) is 0 Å². The largest absolute Gasteiger partial charge is 0.468 e. The van der Waals surface area contributed by atoms with E-state index in [2.05, 4.69) is 4.74 Å². The van der Waals surface area contributed by atoms with Gasteiger partial charge in [-0.15, -0.1) is 0 Å². The van der Waals surface area contributed by atoms with Gasteiger partial charge in [0.05, 0.1) is 7.11 Å². The standard InChI is InChI=1S/C20H18N2O6/c1-26-19(24)16(21)10-12-2-6-14(7-3-12)27-15-8-4-13(5-9-15)11-17-18(23)22-20(25)28-17/h2-9,11,16H,10,21H2,1H3,(H,22,23,25)/b17-11+. The number of hydrogen-bond donors (Lipinski definition) is 2. The van der Waals surface area contributed by atoms with Crippen LogP contribution >= 0.6 is 0 Å². The Kier molecular flexibility index (Phi) is 5.71. The number of ether oxygens (including phenoxy) is 3. The van der Waals surface area contributed by atoms with Crippen LogP contribution in [-0.2, 0) is 25.5 Å². The summed E-state index contributed by atoms with van der Waals surface area (Å²) < 4.78 is 15.1. The van der Waals surface area contributed by atoms with Crippen molar-refractivity contribution < 1.29 is 28.6 Å². The molecule has 1 heterocycles. The number of rotatable bonds is 6. The summed E-state index contributed by atoms with van der Waals surface area (Å²) in [4.78, 5) is 33.8. The van der Waals surface area contributed by atoms with Crippen molar-refractivity contribution in [2.75, 3.05) is 7.11 Å². The molecule has 0 bridgehead atoms. The molecule has 2 aromatic carbocycles. The number of hydrogen-bond acceptors (Lipinski definition) is 7. The number of nitrogens with two attached hydrogens (primary N) is 1. The molecule has 2 amide bonds. The molecule has 1 unspecified atom stereocenters. The molecule has 0 radical (unpaired) electrons. The van der Waals surface area contributed by atoms with E-state index in [1.807, 2.05) is 17.4 Å². The Morgan fingerprint density at radius 3 is 2.25 bits per heavy atom. The van der Waals surface area contributed by atoms with Gasteiger partial charge in [-0.05, 0) is 47.9 Å². The highest BCUT2D eigenvalue weighted by Crippen LogP contribution is 2.23. The molecule has 3 rings (SSSR count). The molecule has 1 aliphatic rings. The van der Waals surface area contributed by atoms with Gasteiger partial charge in [0, 0.05) is 0 Å². The van der Waals surface area contributed by atoms with Gasteiger partial charge in [-0.25, -0.2) is 4.79 Å². The molecule has 8 heteroatoms. The summed E-state index contributed by atoms with van der Waals surface area (Å²) in [7, 11) is 1.30. The van der Waals surface area contributed by atoms with Crippen LogP contribution in [0.3, 0.4) is 0 Å². The average Bonchev–Trinajstić information content (AvgIpc) is 3.01. The number of carbonyl (C=O) groups excluding carboxylic acids is 3. The molecule has 0 aliphatic carbocycles. The van der Waals surface area contributed by atoms with Gasteiger partial charge >= 0.3 is 12.1 Å². The minimum Gasteiger partial charge on any atom is -0.468 e. The van der Waals surface area contributed by atoms with Crippen LogP contribution in [0.1, 0.15) is 11.1 Å². The molecule has 1 atom stereocenters. The molecule has 1 aliphatic heterocycles. The van der Waals surface area contributed by atoms with Gasteiger partial charge in [-0.1, -0.05) is 24.3 Å². The van der Waals surface area contributed by atoms with E-state index in [0.717, 1.165) is 5.56 Å². The summed E-state index contributed by atoms with van der Waals surface area (Å²) in [5.74, 6) is 0.122. The lowest BCUT2D eigenvalue weighted by Gasteiger charge is -2.10. The van der Waals surface area contributed by atoms with Crippen molar-refractivity contribution >= 4 is 24.0 Å². The lowest BCUT2D eigenvalue weighted by molar-refractivity contribution is -0.142. The summed E-state index contributed by atoms with van der Waals surface area (Å²) in [6, 6.07) is 13.4. The van der Waals surface area contributed by atoms with Gasteiger partial charge in [0.25, 0.3) is 5.91 Å². The highest BCUT2D eigenvalue weighted by atomic mass is 16.6. The molecule has 1 fully saturated rings. The normalized spacial score (nSPS) is 15.7. The number of cyclic esters (lactones) is 1. The van der Waals surface area contributed by atoms with Crippen molar-refractivity contribution in [3.63, 3.8) is 0 Å². The highest BCUT2D eigenvalue weighted by Gasteiger charge is 2.25. The van der Waals surface area contributed by atoms with Crippen LogP contribution in [0.2, 0.25) is 0 Å². The summed E-state index contributed by atoms with van der Waals surface area (Å²) in [6.45, 7) is 0. The first-order valence-corrected chi connectivity index (χ1v) is 8.40. The third-order valence-corrected chi connectivity index (χ3v) is 3.94. The monoisotopic (exact) mass is 382 g/mol. The highest BCUT2D eigenvalue weighted by molar-refractivity contribution is 6.09. The predicted octanol–water partition coefficient (Wildman–Crippen LogP) is 2.13. The molecular formula is C20H18N2O6. The molecule has 1 saturated heterocycles. The van der Waals surface area contributed by atoms with Gasteiger partial charge in [0.1, 0.15) is 17.5 Å². The number of amides is 2. The Morgan fingerprint density at radius 2 is 1.71 bits per heavy atom. The SMILES string of the molecule is COC(=O)C(N)Cc1ccc(Oc2ccc(/C=C3/OC(=O)NC3=O)cc2)cc1. The second-order valence-electron chi connectivity index (χ2n) is 6.00. The zero-order chi connectivity index (χ0) is 20.1. The Hall–Kier alpha value is -3.65. The minimum absolute atomic E-state index is 0.0561. The average molecular weight is 382 g/mol. The van der Waals surface area contributed by atoms with E-state index in [0.29, 0.717) is 23.5 Å².